The molecule has 0 saturated carbocycles. The highest BCUT2D eigenvalue weighted by atomic mass is 127. The van der Waals surface area contributed by atoms with Crippen molar-refractivity contribution in [2.24, 2.45) is 10.7 Å². The van der Waals surface area contributed by atoms with Crippen LogP contribution >= 0.6 is 24.0 Å². The van der Waals surface area contributed by atoms with Crippen LogP contribution in [0, 0.1) is 0 Å². The van der Waals surface area contributed by atoms with Gasteiger partial charge >= 0.3 is 0 Å². The van der Waals surface area contributed by atoms with Crippen LogP contribution in [0.4, 0.5) is 5.69 Å². The molecule has 1 rings (SSSR count). The zero-order valence-corrected chi connectivity index (χ0v) is 17.2. The second-order valence-electron chi connectivity index (χ2n) is 5.11. The van der Waals surface area contributed by atoms with Crippen molar-refractivity contribution in [1.29, 1.82) is 0 Å². The van der Waals surface area contributed by atoms with Gasteiger partial charge in [-0.1, -0.05) is 0 Å². The number of hydrogen-bond donors (Lipinski definition) is 2. The molecule has 138 valence electrons. The van der Waals surface area contributed by atoms with E-state index in [1.54, 1.807) is 21.3 Å². The Hall–Kier alpha value is -1.26. The van der Waals surface area contributed by atoms with Gasteiger partial charge in [0.1, 0.15) is 0 Å². The molecule has 8 heteroatoms. The van der Waals surface area contributed by atoms with Crippen LogP contribution in [0.2, 0.25) is 0 Å². The highest BCUT2D eigenvalue weighted by Gasteiger charge is 2.05. The minimum Gasteiger partial charge on any atom is -0.493 e. The van der Waals surface area contributed by atoms with E-state index in [0.29, 0.717) is 24.0 Å². The Morgan fingerprint density at radius 3 is 2.50 bits per heavy atom. The van der Waals surface area contributed by atoms with Gasteiger partial charge < -0.3 is 30.2 Å². The number of halogens is 1. The Morgan fingerprint density at radius 2 is 1.88 bits per heavy atom. The standard InChI is InChI=1S/C16H28N4O3.HI/c1-20(10-11-21-2)9-5-8-18-16(17)19-13-6-7-14(22-3)15(12-13)23-4;/h6-7,12H,5,8-11H2,1-4H3,(H3,17,18,19);1H. The summed E-state index contributed by atoms with van der Waals surface area (Å²) in [5.41, 5.74) is 6.70. The maximum absolute atomic E-state index is 5.90. The number of benzene rings is 1. The first-order valence-electron chi connectivity index (χ1n) is 7.57. The quantitative estimate of drug-likeness (QED) is 0.245. The number of anilines is 1. The maximum Gasteiger partial charge on any atom is 0.193 e. The van der Waals surface area contributed by atoms with E-state index in [1.165, 1.54) is 0 Å². The molecule has 0 aliphatic rings. The molecule has 0 heterocycles. The highest BCUT2D eigenvalue weighted by Crippen LogP contribution is 2.29. The lowest BCUT2D eigenvalue weighted by molar-refractivity contribution is 0.161. The summed E-state index contributed by atoms with van der Waals surface area (Å²) in [5, 5.41) is 3.05. The summed E-state index contributed by atoms with van der Waals surface area (Å²) in [5.74, 6) is 1.70. The van der Waals surface area contributed by atoms with E-state index in [4.69, 9.17) is 19.9 Å². The zero-order chi connectivity index (χ0) is 17.1. The van der Waals surface area contributed by atoms with E-state index in [0.717, 1.165) is 31.8 Å². The van der Waals surface area contributed by atoms with Gasteiger partial charge in [-0.2, -0.15) is 0 Å². The second-order valence-corrected chi connectivity index (χ2v) is 5.11. The first-order valence-corrected chi connectivity index (χ1v) is 7.57. The van der Waals surface area contributed by atoms with Gasteiger partial charge in [0.2, 0.25) is 0 Å². The number of aliphatic imine (C=N–C) groups is 1. The fourth-order valence-electron chi connectivity index (χ4n) is 2.00. The third-order valence-corrected chi connectivity index (χ3v) is 3.31. The summed E-state index contributed by atoms with van der Waals surface area (Å²) < 4.78 is 15.5. The highest BCUT2D eigenvalue weighted by molar-refractivity contribution is 14.0. The third kappa shape index (κ3) is 8.55. The summed E-state index contributed by atoms with van der Waals surface area (Å²) in [4.78, 5) is 6.53. The van der Waals surface area contributed by atoms with Crippen molar-refractivity contribution in [2.75, 3.05) is 59.9 Å². The van der Waals surface area contributed by atoms with Crippen LogP contribution in [-0.2, 0) is 4.74 Å². The number of rotatable bonds is 10. The molecule has 0 unspecified atom stereocenters. The number of guanidine groups is 1. The molecule has 0 atom stereocenters. The molecule has 1 aromatic rings. The lowest BCUT2D eigenvalue weighted by atomic mass is 10.3. The number of methoxy groups -OCH3 is 3. The van der Waals surface area contributed by atoms with Crippen molar-refractivity contribution in [3.63, 3.8) is 0 Å². The van der Waals surface area contributed by atoms with Crippen LogP contribution in [0.5, 0.6) is 11.5 Å². The fourth-order valence-corrected chi connectivity index (χ4v) is 2.00. The molecule has 0 aliphatic heterocycles. The predicted octanol–water partition coefficient (Wildman–Crippen LogP) is 2.02. The average Bonchev–Trinajstić information content (AvgIpc) is 2.56. The molecular weight excluding hydrogens is 423 g/mol. The molecule has 24 heavy (non-hydrogen) atoms. The van der Waals surface area contributed by atoms with E-state index >= 15 is 0 Å². The van der Waals surface area contributed by atoms with Gasteiger partial charge in [-0.25, -0.2) is 0 Å². The fraction of sp³-hybridized carbons (Fsp3) is 0.562. The van der Waals surface area contributed by atoms with Crippen LogP contribution in [0.3, 0.4) is 0 Å². The lowest BCUT2D eigenvalue weighted by Gasteiger charge is -2.15. The third-order valence-electron chi connectivity index (χ3n) is 3.31. The molecule has 0 radical (unpaired) electrons. The summed E-state index contributed by atoms with van der Waals surface area (Å²) in [6.07, 6.45) is 0.939. The van der Waals surface area contributed by atoms with Crippen molar-refractivity contribution in [2.45, 2.75) is 6.42 Å². The Labute approximate surface area is 161 Å². The summed E-state index contributed by atoms with van der Waals surface area (Å²) in [6, 6.07) is 5.50. The average molecular weight is 452 g/mol. The predicted molar refractivity (Wildman–Crippen MR) is 109 cm³/mol. The topological polar surface area (TPSA) is 81.3 Å². The Balaban J connectivity index is 0.00000529. The molecule has 0 aromatic heterocycles. The Bertz CT molecular complexity index is 500. The summed E-state index contributed by atoms with van der Waals surface area (Å²) >= 11 is 0. The van der Waals surface area contributed by atoms with Crippen LogP contribution in [0.1, 0.15) is 6.42 Å². The van der Waals surface area contributed by atoms with Crippen LogP contribution in [-0.4, -0.2) is 65.5 Å². The molecule has 0 saturated heterocycles. The summed E-state index contributed by atoms with van der Waals surface area (Å²) in [7, 11) is 6.97. The van der Waals surface area contributed by atoms with Crippen molar-refractivity contribution in [1.82, 2.24) is 4.90 Å². The van der Waals surface area contributed by atoms with Gasteiger partial charge in [0.05, 0.1) is 20.8 Å². The molecule has 0 fully saturated rings. The van der Waals surface area contributed by atoms with Gasteiger partial charge in [-0.3, -0.25) is 4.99 Å². The molecule has 7 nitrogen and oxygen atoms in total. The van der Waals surface area contributed by atoms with E-state index in [1.807, 2.05) is 18.2 Å². The monoisotopic (exact) mass is 452 g/mol. The SMILES string of the molecule is COCCN(C)CCCN=C(N)Nc1ccc(OC)c(OC)c1.I. The number of nitrogens with two attached hydrogens (primary N) is 1. The normalized spacial score (nSPS) is 11.1. The van der Waals surface area contributed by atoms with Crippen molar-refractivity contribution < 1.29 is 14.2 Å². The van der Waals surface area contributed by atoms with Crippen LogP contribution in [0.25, 0.3) is 0 Å². The van der Waals surface area contributed by atoms with Crippen LogP contribution < -0.4 is 20.5 Å². The zero-order valence-electron chi connectivity index (χ0n) is 14.9. The number of nitrogens with one attached hydrogen (secondary N) is 1. The largest absolute Gasteiger partial charge is 0.493 e. The van der Waals surface area contributed by atoms with Gasteiger partial charge in [0, 0.05) is 32.0 Å². The minimum absolute atomic E-state index is 0. The van der Waals surface area contributed by atoms with Crippen molar-refractivity contribution >= 4 is 35.6 Å². The number of nitrogens with zero attached hydrogens (tertiary/aromatic N) is 2. The molecule has 1 aromatic carbocycles. The Kier molecular flexibility index (Phi) is 12.4. The Morgan fingerprint density at radius 1 is 1.17 bits per heavy atom. The number of ether oxygens (including phenoxy) is 3. The van der Waals surface area contributed by atoms with E-state index < -0.39 is 0 Å². The van der Waals surface area contributed by atoms with Crippen LogP contribution in [0.15, 0.2) is 23.2 Å². The molecule has 0 aliphatic carbocycles. The van der Waals surface area contributed by atoms with E-state index in [2.05, 4.69) is 22.3 Å². The first-order chi connectivity index (χ1) is 11.1. The molecule has 0 bridgehead atoms. The molecule has 0 amide bonds. The number of hydrogen-bond acceptors (Lipinski definition) is 5. The minimum atomic E-state index is 0. The van der Waals surface area contributed by atoms with E-state index in [-0.39, 0.29) is 24.0 Å². The first kappa shape index (κ1) is 22.7. The molecular formula is C16H29IN4O3. The lowest BCUT2D eigenvalue weighted by Crippen LogP contribution is -2.25. The number of likely N-dealkylation sites (N-methyl/N-ethyl adjacent to an activating group) is 1. The second kappa shape index (κ2) is 13.1. The molecule has 3 N–H and O–H groups in total. The van der Waals surface area contributed by atoms with Crippen molar-refractivity contribution in [3.05, 3.63) is 18.2 Å². The van der Waals surface area contributed by atoms with Gasteiger partial charge in [-0.05, 0) is 32.1 Å². The molecule has 0 spiro atoms. The summed E-state index contributed by atoms with van der Waals surface area (Å²) in [6.45, 7) is 3.28. The maximum atomic E-state index is 5.90. The van der Waals surface area contributed by atoms with Gasteiger partial charge in [0.25, 0.3) is 0 Å². The van der Waals surface area contributed by atoms with Gasteiger partial charge in [0.15, 0.2) is 17.5 Å². The van der Waals surface area contributed by atoms with Gasteiger partial charge in [-0.15, -0.1) is 24.0 Å². The van der Waals surface area contributed by atoms with E-state index in [9.17, 15) is 0 Å². The smallest absolute Gasteiger partial charge is 0.193 e. The van der Waals surface area contributed by atoms with Crippen molar-refractivity contribution in [3.8, 4) is 11.5 Å².